The molecule has 0 spiro atoms. The van der Waals surface area contributed by atoms with Gasteiger partial charge in [0.15, 0.2) is 5.78 Å². The summed E-state index contributed by atoms with van der Waals surface area (Å²) in [4.78, 5) is 21.3. The number of aliphatic hydroxyl groups excluding tert-OH is 1. The zero-order valence-corrected chi connectivity index (χ0v) is 35.0. The van der Waals surface area contributed by atoms with Crippen molar-refractivity contribution in [3.05, 3.63) is 94.9 Å². The largest absolute Gasteiger partial charge is 0.512 e. The molecule has 3 aromatic carbocycles. The molecule has 5 aromatic rings. The minimum Gasteiger partial charge on any atom is -0.512 e. The van der Waals surface area contributed by atoms with Crippen LogP contribution >= 0.6 is 0 Å². The molecule has 2 heterocycles. The number of halogens is 1. The Morgan fingerprint density at radius 3 is 2.15 bits per heavy atom. The second kappa shape index (κ2) is 18.9. The normalized spacial score (nSPS) is 12.1. The molecule has 5 rings (SSSR count). The van der Waals surface area contributed by atoms with E-state index in [1.165, 1.54) is 17.0 Å². The van der Waals surface area contributed by atoms with Gasteiger partial charge in [0.25, 0.3) is 0 Å². The molecule has 0 aliphatic rings. The number of pyridine rings is 1. The van der Waals surface area contributed by atoms with Gasteiger partial charge < -0.3 is 9.52 Å². The summed E-state index contributed by atoms with van der Waals surface area (Å²) in [6, 6.07) is 20.2. The zero-order chi connectivity index (χ0) is 37.5. The number of hydrogen-bond acceptors (Lipinski definition) is 5. The first-order valence-electron chi connectivity index (χ1n) is 18.6. The number of benzene rings is 3. The third-order valence-electron chi connectivity index (χ3n) is 9.92. The van der Waals surface area contributed by atoms with Crippen LogP contribution in [0.2, 0.25) is 0 Å². The summed E-state index contributed by atoms with van der Waals surface area (Å²) in [6.45, 7) is 20.2. The molecule has 5 nitrogen and oxygen atoms in total. The maximum atomic E-state index is 13.4. The second-order valence-electron chi connectivity index (χ2n) is 14.9. The standard InChI is InChI=1S/C32H32FN2O.C13H24O2.Ir/c1-19(2)26-16-24(15-23-9-7-8-10-25(23)26)29-30-27(11-12-34-29)35-31(36-30)28-20(3)13-22(14-21(28)4)17-32(5,6)18-33;1-5-10(6-2)12(14)9-13(15)11(7-3)8-4;/h7-14,16,19H,17-18H2,1-6H3;9-11,14H,5-8H2,1-4H3;/q-1;;/b;12-9-;. The average Bonchev–Trinajstić information content (AvgIpc) is 3.52. The number of aliphatic hydroxyl groups is 1. The number of oxazole rings is 1. The molecule has 0 atom stereocenters. The Balaban J connectivity index is 0.000000389. The van der Waals surface area contributed by atoms with Crippen molar-refractivity contribution >= 4 is 27.7 Å². The van der Waals surface area contributed by atoms with E-state index in [9.17, 15) is 14.3 Å². The number of allylic oxidation sites excluding steroid dienone is 2. The molecule has 2 aromatic heterocycles. The van der Waals surface area contributed by atoms with E-state index in [1.807, 2.05) is 53.7 Å². The predicted molar refractivity (Wildman–Crippen MR) is 210 cm³/mol. The fourth-order valence-electron chi connectivity index (χ4n) is 6.89. The van der Waals surface area contributed by atoms with Crippen LogP contribution in [0.15, 0.2) is 71.0 Å². The van der Waals surface area contributed by atoms with Crippen molar-refractivity contribution in [2.24, 2.45) is 17.3 Å². The van der Waals surface area contributed by atoms with E-state index in [1.54, 1.807) is 6.20 Å². The smallest absolute Gasteiger partial charge is 0.227 e. The predicted octanol–water partition coefficient (Wildman–Crippen LogP) is 12.7. The fourth-order valence-corrected chi connectivity index (χ4v) is 6.89. The van der Waals surface area contributed by atoms with Gasteiger partial charge >= 0.3 is 0 Å². The van der Waals surface area contributed by atoms with E-state index in [2.05, 4.69) is 70.2 Å². The summed E-state index contributed by atoms with van der Waals surface area (Å²) in [5.41, 5.74) is 8.20. The van der Waals surface area contributed by atoms with Gasteiger partial charge in [-0.05, 0) is 80.0 Å². The van der Waals surface area contributed by atoms with Crippen LogP contribution in [-0.4, -0.2) is 27.5 Å². The topological polar surface area (TPSA) is 76.2 Å². The molecular weight excluding hydrogens is 828 g/mol. The Hall–Kier alpha value is -3.67. The van der Waals surface area contributed by atoms with Crippen molar-refractivity contribution in [3.63, 3.8) is 0 Å². The van der Waals surface area contributed by atoms with Gasteiger partial charge in [0.1, 0.15) is 11.1 Å². The third kappa shape index (κ3) is 10.0. The molecule has 0 saturated carbocycles. The number of ketones is 1. The van der Waals surface area contributed by atoms with Crippen molar-refractivity contribution in [1.29, 1.82) is 0 Å². The zero-order valence-electron chi connectivity index (χ0n) is 32.6. The first-order chi connectivity index (χ1) is 24.3. The van der Waals surface area contributed by atoms with Crippen LogP contribution in [0, 0.1) is 37.2 Å². The molecule has 0 amide bonds. The number of carbonyl (C=O) groups excluding carboxylic acids is 1. The summed E-state index contributed by atoms with van der Waals surface area (Å²) in [5, 5.41) is 12.0. The van der Waals surface area contributed by atoms with Gasteiger partial charge in [0.2, 0.25) is 5.89 Å². The van der Waals surface area contributed by atoms with E-state index in [0.717, 1.165) is 70.1 Å². The first kappa shape index (κ1) is 42.7. The quantitative estimate of drug-likeness (QED) is 0.0724. The Labute approximate surface area is 323 Å². The molecule has 0 aliphatic carbocycles. The molecule has 0 saturated heterocycles. The van der Waals surface area contributed by atoms with Crippen LogP contribution < -0.4 is 0 Å². The van der Waals surface area contributed by atoms with E-state index >= 15 is 0 Å². The van der Waals surface area contributed by atoms with E-state index in [0.29, 0.717) is 23.8 Å². The number of nitrogens with zero attached hydrogens (tertiary/aromatic N) is 2. The maximum Gasteiger partial charge on any atom is 0.227 e. The number of alkyl halides is 1. The fraction of sp³-hybridized carbons (Fsp3) is 0.444. The molecular formula is C45H56FIrN2O3-. The number of hydrogen-bond donors (Lipinski definition) is 1. The summed E-state index contributed by atoms with van der Waals surface area (Å²) in [5.74, 6) is 1.49. The van der Waals surface area contributed by atoms with Gasteiger partial charge in [-0.3, -0.25) is 14.2 Å². The third-order valence-corrected chi connectivity index (χ3v) is 9.92. The average molecular weight is 884 g/mol. The summed E-state index contributed by atoms with van der Waals surface area (Å²) >= 11 is 0. The Morgan fingerprint density at radius 1 is 0.962 bits per heavy atom. The molecule has 1 radical (unpaired) electrons. The summed E-state index contributed by atoms with van der Waals surface area (Å²) in [6.07, 6.45) is 7.37. The molecule has 0 unspecified atom stereocenters. The number of rotatable bonds is 13. The van der Waals surface area contributed by atoms with Crippen molar-refractivity contribution < 1.29 is 38.8 Å². The molecule has 1 N–H and O–H groups in total. The summed E-state index contributed by atoms with van der Waals surface area (Å²) < 4.78 is 19.8. The summed E-state index contributed by atoms with van der Waals surface area (Å²) in [7, 11) is 0. The van der Waals surface area contributed by atoms with Gasteiger partial charge in [0, 0.05) is 55.5 Å². The number of aryl methyl sites for hydroxylation is 2. The van der Waals surface area contributed by atoms with Crippen LogP contribution in [0.25, 0.3) is 44.6 Å². The minimum atomic E-state index is -0.385. The number of fused-ring (bicyclic) bond motifs is 2. The minimum absolute atomic E-state index is 0. The van der Waals surface area contributed by atoms with Crippen molar-refractivity contribution in [2.45, 2.75) is 107 Å². The maximum absolute atomic E-state index is 13.4. The second-order valence-corrected chi connectivity index (χ2v) is 14.9. The van der Waals surface area contributed by atoms with Crippen molar-refractivity contribution in [3.8, 4) is 22.7 Å². The SMILES string of the molecule is CCC(CC)C(=O)/C=C(\O)C(CC)CC.Cc1cc(CC(C)(C)CF)cc(C)c1-c1nc2ccnc(-c3[c-]c4ccccc4c(C(C)C)c3)c2o1.[Ir]. The van der Waals surface area contributed by atoms with Crippen molar-refractivity contribution in [2.75, 3.05) is 6.67 Å². The van der Waals surface area contributed by atoms with E-state index < -0.39 is 0 Å². The first-order valence-corrected chi connectivity index (χ1v) is 18.6. The van der Waals surface area contributed by atoms with Crippen LogP contribution in [0.3, 0.4) is 0 Å². The number of aromatic nitrogens is 2. The van der Waals surface area contributed by atoms with Gasteiger partial charge in [0.05, 0.1) is 12.4 Å². The molecule has 0 fully saturated rings. The molecule has 0 aliphatic heterocycles. The Morgan fingerprint density at radius 2 is 1.58 bits per heavy atom. The number of carbonyl (C=O) groups is 1. The van der Waals surface area contributed by atoms with Gasteiger partial charge in [-0.1, -0.05) is 96.7 Å². The Kier molecular flexibility index (Phi) is 15.5. The molecule has 281 valence electrons. The molecule has 7 heteroatoms. The van der Waals surface area contributed by atoms with Crippen LogP contribution in [-0.2, 0) is 31.3 Å². The van der Waals surface area contributed by atoms with Crippen LogP contribution in [0.4, 0.5) is 4.39 Å². The van der Waals surface area contributed by atoms with E-state index in [4.69, 9.17) is 14.4 Å². The van der Waals surface area contributed by atoms with E-state index in [-0.39, 0.29) is 55.6 Å². The van der Waals surface area contributed by atoms with Gasteiger partial charge in [-0.25, -0.2) is 4.98 Å². The molecule has 52 heavy (non-hydrogen) atoms. The van der Waals surface area contributed by atoms with Crippen molar-refractivity contribution in [1.82, 2.24) is 9.97 Å². The Bertz CT molecular complexity index is 1960. The van der Waals surface area contributed by atoms with Gasteiger partial charge in [-0.15, -0.1) is 29.1 Å². The monoisotopic (exact) mass is 884 g/mol. The van der Waals surface area contributed by atoms with Gasteiger partial charge in [-0.2, -0.15) is 0 Å². The molecule has 0 bridgehead atoms. The van der Waals surface area contributed by atoms with Crippen LogP contribution in [0.5, 0.6) is 0 Å². The van der Waals surface area contributed by atoms with Crippen LogP contribution in [0.1, 0.15) is 109 Å².